The number of para-hydroxylation sites is 1. The summed E-state index contributed by atoms with van der Waals surface area (Å²) in [6.45, 7) is 0.407. The number of carbonyl (C=O) groups excluding carboxylic acids is 1. The van der Waals surface area contributed by atoms with Gasteiger partial charge in [-0.1, -0.05) is 18.2 Å². The average molecular weight is 450 g/mol. The van der Waals surface area contributed by atoms with Gasteiger partial charge in [0.25, 0.3) is 15.9 Å². The van der Waals surface area contributed by atoms with E-state index in [0.29, 0.717) is 34.8 Å². The van der Waals surface area contributed by atoms with Crippen LogP contribution in [0.4, 0.5) is 10.7 Å². The first kappa shape index (κ1) is 19.8. The number of sulfonamides is 1. The van der Waals surface area contributed by atoms with Gasteiger partial charge in [-0.3, -0.25) is 9.10 Å². The zero-order valence-corrected chi connectivity index (χ0v) is 18.2. The van der Waals surface area contributed by atoms with Crippen LogP contribution in [0.2, 0.25) is 0 Å². The molecule has 0 fully saturated rings. The maximum Gasteiger partial charge on any atom is 0.264 e. The van der Waals surface area contributed by atoms with E-state index in [4.69, 9.17) is 0 Å². The fraction of sp³-hybridized carbons (Fsp3) is 0.217. The SMILES string of the molecule is N#Cc1c(NC(=O)c2ccc(S(=O)(=O)N3CCc4ccccc43)cc2)sc2c1CCC2. The van der Waals surface area contributed by atoms with E-state index in [1.54, 1.807) is 0 Å². The highest BCUT2D eigenvalue weighted by atomic mass is 32.2. The zero-order valence-electron chi connectivity index (χ0n) is 16.6. The van der Waals surface area contributed by atoms with Crippen molar-refractivity contribution in [3.05, 3.63) is 75.7 Å². The third-order valence-corrected chi connectivity index (χ3v) is 8.84. The molecular weight excluding hydrogens is 430 g/mol. The molecule has 1 aromatic heterocycles. The highest BCUT2D eigenvalue weighted by molar-refractivity contribution is 7.92. The van der Waals surface area contributed by atoms with E-state index in [2.05, 4.69) is 11.4 Å². The number of amides is 1. The summed E-state index contributed by atoms with van der Waals surface area (Å²) in [6.07, 6.45) is 3.54. The van der Waals surface area contributed by atoms with Gasteiger partial charge in [-0.2, -0.15) is 5.26 Å². The maximum atomic E-state index is 13.1. The number of fused-ring (bicyclic) bond motifs is 2. The Hall–Kier alpha value is -3.15. The Morgan fingerprint density at radius 1 is 1.06 bits per heavy atom. The van der Waals surface area contributed by atoms with Gasteiger partial charge < -0.3 is 5.32 Å². The van der Waals surface area contributed by atoms with Crippen molar-refractivity contribution in [3.8, 4) is 6.07 Å². The molecule has 0 saturated carbocycles. The van der Waals surface area contributed by atoms with Crippen LogP contribution in [0.3, 0.4) is 0 Å². The molecule has 0 atom stereocenters. The lowest BCUT2D eigenvalue weighted by Gasteiger charge is -2.19. The Kier molecular flexibility index (Phi) is 4.80. The lowest BCUT2D eigenvalue weighted by atomic mass is 10.1. The first-order chi connectivity index (χ1) is 15.0. The number of hydrogen-bond donors (Lipinski definition) is 1. The second-order valence-electron chi connectivity index (χ2n) is 7.61. The van der Waals surface area contributed by atoms with Crippen LogP contribution in [-0.2, 0) is 29.3 Å². The van der Waals surface area contributed by atoms with Gasteiger partial charge in [0, 0.05) is 17.0 Å². The summed E-state index contributed by atoms with van der Waals surface area (Å²) < 4.78 is 27.7. The normalized spacial score (nSPS) is 14.7. The summed E-state index contributed by atoms with van der Waals surface area (Å²) in [4.78, 5) is 14.0. The number of carbonyl (C=O) groups is 1. The molecule has 3 aromatic rings. The topological polar surface area (TPSA) is 90.3 Å². The van der Waals surface area contributed by atoms with Crippen LogP contribution < -0.4 is 9.62 Å². The predicted octanol–water partition coefficient (Wildman–Crippen LogP) is 4.11. The Morgan fingerprint density at radius 3 is 2.61 bits per heavy atom. The first-order valence-corrected chi connectivity index (χ1v) is 12.3. The largest absolute Gasteiger partial charge is 0.312 e. The Morgan fingerprint density at radius 2 is 1.84 bits per heavy atom. The molecule has 0 spiro atoms. The van der Waals surface area contributed by atoms with Crippen LogP contribution in [0.1, 0.15) is 38.3 Å². The van der Waals surface area contributed by atoms with Crippen LogP contribution in [-0.4, -0.2) is 20.9 Å². The van der Waals surface area contributed by atoms with Crippen molar-refractivity contribution in [1.82, 2.24) is 0 Å². The van der Waals surface area contributed by atoms with E-state index in [0.717, 1.165) is 30.4 Å². The minimum absolute atomic E-state index is 0.147. The van der Waals surface area contributed by atoms with Crippen LogP contribution in [0.5, 0.6) is 0 Å². The second kappa shape index (κ2) is 7.52. The lowest BCUT2D eigenvalue weighted by Crippen LogP contribution is -2.29. The highest BCUT2D eigenvalue weighted by Crippen LogP contribution is 2.39. The van der Waals surface area contributed by atoms with Crippen molar-refractivity contribution < 1.29 is 13.2 Å². The number of nitrogens with one attached hydrogen (secondary N) is 1. The molecule has 8 heteroatoms. The minimum atomic E-state index is -3.70. The summed E-state index contributed by atoms with van der Waals surface area (Å²) in [7, 11) is -3.70. The molecule has 2 aromatic carbocycles. The van der Waals surface area contributed by atoms with Gasteiger partial charge in [-0.25, -0.2) is 8.42 Å². The molecule has 0 unspecified atom stereocenters. The molecule has 2 heterocycles. The molecule has 5 rings (SSSR count). The molecule has 2 aliphatic rings. The molecule has 1 N–H and O–H groups in total. The lowest BCUT2D eigenvalue weighted by molar-refractivity contribution is 0.102. The number of benzene rings is 2. The van der Waals surface area contributed by atoms with Crippen molar-refractivity contribution in [2.45, 2.75) is 30.6 Å². The second-order valence-corrected chi connectivity index (χ2v) is 10.6. The van der Waals surface area contributed by atoms with Crippen molar-refractivity contribution in [3.63, 3.8) is 0 Å². The van der Waals surface area contributed by atoms with Gasteiger partial charge in [0.15, 0.2) is 0 Å². The quantitative estimate of drug-likeness (QED) is 0.649. The number of nitrogens with zero attached hydrogens (tertiary/aromatic N) is 2. The first-order valence-electron chi connectivity index (χ1n) is 10.1. The summed E-state index contributed by atoms with van der Waals surface area (Å²) in [6, 6.07) is 15.6. The molecule has 0 radical (unpaired) electrons. The number of anilines is 2. The monoisotopic (exact) mass is 449 g/mol. The Balaban J connectivity index is 1.37. The Labute approximate surface area is 184 Å². The number of rotatable bonds is 4. The summed E-state index contributed by atoms with van der Waals surface area (Å²) in [5.74, 6) is -0.355. The number of nitriles is 1. The number of hydrogen-bond acceptors (Lipinski definition) is 5. The fourth-order valence-electron chi connectivity index (χ4n) is 4.25. The highest BCUT2D eigenvalue weighted by Gasteiger charge is 2.30. The van der Waals surface area contributed by atoms with E-state index >= 15 is 0 Å². The molecule has 1 aliphatic carbocycles. The summed E-state index contributed by atoms with van der Waals surface area (Å²) in [5.41, 5.74) is 3.67. The third kappa shape index (κ3) is 3.30. The van der Waals surface area contributed by atoms with Crippen LogP contribution in [0.25, 0.3) is 0 Å². The standard InChI is InChI=1S/C23H19N3O3S2/c24-14-19-18-5-3-7-21(18)30-23(19)25-22(27)16-8-10-17(11-9-16)31(28,29)26-13-12-15-4-1-2-6-20(15)26/h1-2,4,6,8-11H,3,5,7,12-13H2,(H,25,27). The minimum Gasteiger partial charge on any atom is -0.312 e. The average Bonchev–Trinajstić information content (AvgIpc) is 3.48. The number of aryl methyl sites for hydroxylation is 1. The molecule has 156 valence electrons. The van der Waals surface area contributed by atoms with E-state index in [1.807, 2.05) is 24.3 Å². The molecule has 0 saturated heterocycles. The molecule has 1 aliphatic heterocycles. The van der Waals surface area contributed by atoms with Gasteiger partial charge in [0.05, 0.1) is 16.1 Å². The van der Waals surface area contributed by atoms with Crippen LogP contribution >= 0.6 is 11.3 Å². The maximum absolute atomic E-state index is 13.1. The van der Waals surface area contributed by atoms with Crippen molar-refractivity contribution in [2.24, 2.45) is 0 Å². The summed E-state index contributed by atoms with van der Waals surface area (Å²) in [5, 5.41) is 12.9. The predicted molar refractivity (Wildman–Crippen MR) is 120 cm³/mol. The fourth-order valence-corrected chi connectivity index (χ4v) is 6.99. The van der Waals surface area contributed by atoms with Gasteiger partial charge in [0.1, 0.15) is 11.1 Å². The van der Waals surface area contributed by atoms with Gasteiger partial charge in [0.2, 0.25) is 0 Å². The van der Waals surface area contributed by atoms with Crippen molar-refractivity contribution >= 4 is 38.0 Å². The van der Waals surface area contributed by atoms with Gasteiger partial charge in [-0.15, -0.1) is 11.3 Å². The van der Waals surface area contributed by atoms with E-state index in [1.165, 1.54) is 44.8 Å². The van der Waals surface area contributed by atoms with Gasteiger partial charge in [-0.05, 0) is 67.1 Å². The number of thiophene rings is 1. The third-order valence-electron chi connectivity index (χ3n) is 5.81. The van der Waals surface area contributed by atoms with Crippen LogP contribution in [0.15, 0.2) is 53.4 Å². The summed E-state index contributed by atoms with van der Waals surface area (Å²) >= 11 is 1.46. The van der Waals surface area contributed by atoms with Gasteiger partial charge >= 0.3 is 0 Å². The Bertz CT molecular complexity index is 1340. The smallest absolute Gasteiger partial charge is 0.264 e. The van der Waals surface area contributed by atoms with Crippen molar-refractivity contribution in [1.29, 1.82) is 5.26 Å². The van der Waals surface area contributed by atoms with Crippen LogP contribution in [0, 0.1) is 11.3 Å². The van der Waals surface area contributed by atoms with E-state index < -0.39 is 10.0 Å². The van der Waals surface area contributed by atoms with E-state index in [-0.39, 0.29) is 10.8 Å². The molecular formula is C23H19N3O3S2. The molecule has 0 bridgehead atoms. The zero-order chi connectivity index (χ0) is 21.6. The van der Waals surface area contributed by atoms with E-state index in [9.17, 15) is 18.5 Å². The molecule has 31 heavy (non-hydrogen) atoms. The molecule has 6 nitrogen and oxygen atoms in total. The molecule has 1 amide bonds. The van der Waals surface area contributed by atoms with Crippen molar-refractivity contribution in [2.75, 3.05) is 16.2 Å².